The van der Waals surface area contributed by atoms with Gasteiger partial charge in [0.1, 0.15) is 0 Å². The molecule has 6 nitrogen and oxygen atoms in total. The average molecular weight is 208 g/mol. The van der Waals surface area contributed by atoms with Gasteiger partial charge in [0.05, 0.1) is 18.8 Å². The maximum Gasteiger partial charge on any atom is 0.239 e. The summed E-state index contributed by atoms with van der Waals surface area (Å²) in [6.07, 6.45) is 1.58. The first-order chi connectivity index (χ1) is 7.29. The monoisotopic (exact) mass is 208 g/mol. The van der Waals surface area contributed by atoms with E-state index in [2.05, 4.69) is 15.3 Å². The van der Waals surface area contributed by atoms with Crippen LogP contribution in [0.25, 0.3) is 0 Å². The van der Waals surface area contributed by atoms with Gasteiger partial charge in [-0.3, -0.25) is 4.79 Å². The lowest BCUT2D eigenvalue weighted by Gasteiger charge is -2.26. The molecule has 1 fully saturated rings. The van der Waals surface area contributed by atoms with Gasteiger partial charge in [0.15, 0.2) is 0 Å². The SMILES string of the molecule is O=C1CN(c2nccc(CO)n2)CCN1. The summed E-state index contributed by atoms with van der Waals surface area (Å²) in [5.41, 5.74) is 0.561. The Bertz CT molecular complexity index is 369. The van der Waals surface area contributed by atoms with Crippen LogP contribution in [0.15, 0.2) is 12.3 Å². The number of anilines is 1. The Kier molecular flexibility index (Phi) is 2.77. The van der Waals surface area contributed by atoms with Crippen LogP contribution < -0.4 is 10.2 Å². The minimum absolute atomic E-state index is 0.0285. The largest absolute Gasteiger partial charge is 0.390 e. The molecule has 15 heavy (non-hydrogen) atoms. The van der Waals surface area contributed by atoms with Crippen LogP contribution in [0.4, 0.5) is 5.95 Å². The van der Waals surface area contributed by atoms with Gasteiger partial charge in [0.25, 0.3) is 0 Å². The van der Waals surface area contributed by atoms with E-state index < -0.39 is 0 Å². The summed E-state index contributed by atoms with van der Waals surface area (Å²) in [7, 11) is 0. The molecule has 0 radical (unpaired) electrons. The quantitative estimate of drug-likeness (QED) is 0.645. The van der Waals surface area contributed by atoms with Gasteiger partial charge in [-0.25, -0.2) is 9.97 Å². The zero-order valence-electron chi connectivity index (χ0n) is 8.18. The topological polar surface area (TPSA) is 78.4 Å². The molecular weight excluding hydrogens is 196 g/mol. The number of rotatable bonds is 2. The summed E-state index contributed by atoms with van der Waals surface area (Å²) >= 11 is 0. The van der Waals surface area contributed by atoms with Crippen molar-refractivity contribution in [2.75, 3.05) is 24.5 Å². The summed E-state index contributed by atoms with van der Waals surface area (Å²) < 4.78 is 0. The number of carbonyl (C=O) groups excluding carboxylic acids is 1. The number of aliphatic hydroxyl groups excluding tert-OH is 1. The highest BCUT2D eigenvalue weighted by Gasteiger charge is 2.18. The second kappa shape index (κ2) is 4.22. The second-order valence-electron chi connectivity index (χ2n) is 3.28. The standard InChI is InChI=1S/C9H12N4O2/c14-6-7-1-2-11-9(12-7)13-4-3-10-8(15)5-13/h1-2,14H,3-6H2,(H,10,15). The van der Waals surface area contributed by atoms with Crippen LogP contribution >= 0.6 is 0 Å². The molecule has 2 rings (SSSR count). The molecule has 0 unspecified atom stereocenters. The molecule has 1 aromatic heterocycles. The maximum absolute atomic E-state index is 11.1. The van der Waals surface area contributed by atoms with Crippen LogP contribution in [0.3, 0.4) is 0 Å². The van der Waals surface area contributed by atoms with Crippen molar-refractivity contribution in [3.63, 3.8) is 0 Å². The minimum atomic E-state index is -0.116. The van der Waals surface area contributed by atoms with E-state index in [4.69, 9.17) is 5.11 Å². The molecule has 6 heteroatoms. The fourth-order valence-electron chi connectivity index (χ4n) is 1.43. The van der Waals surface area contributed by atoms with Crippen LogP contribution in [0.2, 0.25) is 0 Å². The molecule has 1 aliphatic rings. The molecule has 0 aromatic carbocycles. The van der Waals surface area contributed by atoms with E-state index in [1.807, 2.05) is 0 Å². The second-order valence-corrected chi connectivity index (χ2v) is 3.28. The molecule has 0 bridgehead atoms. The third kappa shape index (κ3) is 2.21. The van der Waals surface area contributed by atoms with Crippen molar-refractivity contribution in [1.82, 2.24) is 15.3 Å². The Morgan fingerprint density at radius 2 is 2.47 bits per heavy atom. The van der Waals surface area contributed by atoms with Crippen molar-refractivity contribution >= 4 is 11.9 Å². The lowest BCUT2D eigenvalue weighted by atomic mass is 10.3. The van der Waals surface area contributed by atoms with E-state index in [0.29, 0.717) is 24.7 Å². The Balaban J connectivity index is 2.17. The molecule has 2 N–H and O–H groups in total. The van der Waals surface area contributed by atoms with Gasteiger partial charge >= 0.3 is 0 Å². The van der Waals surface area contributed by atoms with Gasteiger partial charge in [-0.15, -0.1) is 0 Å². The Morgan fingerprint density at radius 3 is 3.20 bits per heavy atom. The number of hydrogen-bond acceptors (Lipinski definition) is 5. The highest BCUT2D eigenvalue weighted by Crippen LogP contribution is 2.08. The smallest absolute Gasteiger partial charge is 0.239 e. The van der Waals surface area contributed by atoms with Crippen molar-refractivity contribution < 1.29 is 9.90 Å². The Morgan fingerprint density at radius 1 is 1.60 bits per heavy atom. The first-order valence-corrected chi connectivity index (χ1v) is 4.74. The molecule has 0 atom stereocenters. The minimum Gasteiger partial charge on any atom is -0.390 e. The van der Waals surface area contributed by atoms with Crippen molar-refractivity contribution in [2.45, 2.75) is 6.61 Å². The lowest BCUT2D eigenvalue weighted by molar-refractivity contribution is -0.120. The van der Waals surface area contributed by atoms with Crippen LogP contribution in [0, 0.1) is 0 Å². The van der Waals surface area contributed by atoms with Crippen molar-refractivity contribution in [3.05, 3.63) is 18.0 Å². The van der Waals surface area contributed by atoms with Gasteiger partial charge in [0, 0.05) is 19.3 Å². The predicted molar refractivity (Wildman–Crippen MR) is 53.2 cm³/mol. The van der Waals surface area contributed by atoms with E-state index in [-0.39, 0.29) is 19.1 Å². The number of carbonyl (C=O) groups is 1. The first kappa shape index (κ1) is 9.85. The van der Waals surface area contributed by atoms with E-state index >= 15 is 0 Å². The molecule has 0 saturated carbocycles. The number of aromatic nitrogens is 2. The molecule has 1 amide bonds. The molecule has 1 saturated heterocycles. The first-order valence-electron chi connectivity index (χ1n) is 4.74. The number of piperazine rings is 1. The Labute approximate surface area is 87.0 Å². The van der Waals surface area contributed by atoms with Gasteiger partial charge in [-0.05, 0) is 6.07 Å². The predicted octanol–water partition coefficient (Wildman–Crippen LogP) is -1.09. The zero-order chi connectivity index (χ0) is 10.7. The van der Waals surface area contributed by atoms with Gasteiger partial charge < -0.3 is 15.3 Å². The van der Waals surface area contributed by atoms with E-state index in [1.54, 1.807) is 17.2 Å². The summed E-state index contributed by atoms with van der Waals surface area (Å²) in [4.78, 5) is 21.1. The molecule has 80 valence electrons. The Hall–Kier alpha value is -1.69. The fourth-order valence-corrected chi connectivity index (χ4v) is 1.43. The van der Waals surface area contributed by atoms with Crippen molar-refractivity contribution in [1.29, 1.82) is 0 Å². The highest BCUT2D eigenvalue weighted by molar-refractivity contribution is 5.81. The van der Waals surface area contributed by atoms with Gasteiger partial charge in [0.2, 0.25) is 11.9 Å². The number of aliphatic hydroxyl groups is 1. The molecule has 2 heterocycles. The molecule has 0 aliphatic carbocycles. The number of nitrogens with one attached hydrogen (secondary N) is 1. The van der Waals surface area contributed by atoms with Crippen molar-refractivity contribution in [3.8, 4) is 0 Å². The maximum atomic E-state index is 11.1. The average Bonchev–Trinajstić information content (AvgIpc) is 2.29. The van der Waals surface area contributed by atoms with Gasteiger partial charge in [-0.1, -0.05) is 0 Å². The lowest BCUT2D eigenvalue weighted by Crippen LogP contribution is -2.48. The molecular formula is C9H12N4O2. The number of hydrogen-bond donors (Lipinski definition) is 2. The molecule has 1 aliphatic heterocycles. The molecule has 0 spiro atoms. The van der Waals surface area contributed by atoms with E-state index in [0.717, 1.165) is 0 Å². The van der Waals surface area contributed by atoms with E-state index in [1.165, 1.54) is 0 Å². The summed E-state index contributed by atoms with van der Waals surface area (Å²) in [5, 5.41) is 11.6. The number of amides is 1. The zero-order valence-corrected chi connectivity index (χ0v) is 8.18. The van der Waals surface area contributed by atoms with Gasteiger partial charge in [-0.2, -0.15) is 0 Å². The highest BCUT2D eigenvalue weighted by atomic mass is 16.3. The summed E-state index contributed by atoms with van der Waals surface area (Å²) in [5.74, 6) is 0.468. The van der Waals surface area contributed by atoms with E-state index in [9.17, 15) is 4.79 Å². The summed E-state index contributed by atoms with van der Waals surface area (Å²) in [6.45, 7) is 1.45. The van der Waals surface area contributed by atoms with Crippen LogP contribution in [0.5, 0.6) is 0 Å². The van der Waals surface area contributed by atoms with Crippen molar-refractivity contribution in [2.24, 2.45) is 0 Å². The van der Waals surface area contributed by atoms with Crippen LogP contribution in [0.1, 0.15) is 5.69 Å². The summed E-state index contributed by atoms with van der Waals surface area (Å²) in [6, 6.07) is 1.65. The third-order valence-electron chi connectivity index (χ3n) is 2.18. The third-order valence-corrected chi connectivity index (χ3v) is 2.18. The fraction of sp³-hybridized carbons (Fsp3) is 0.444. The normalized spacial score (nSPS) is 16.3. The molecule has 1 aromatic rings. The number of nitrogens with zero attached hydrogens (tertiary/aromatic N) is 3. The van der Waals surface area contributed by atoms with Crippen LogP contribution in [-0.4, -0.2) is 40.6 Å². The van der Waals surface area contributed by atoms with Crippen LogP contribution in [-0.2, 0) is 11.4 Å².